The van der Waals surface area contributed by atoms with Gasteiger partial charge in [0.1, 0.15) is 13.0 Å². The van der Waals surface area contributed by atoms with E-state index in [1.54, 1.807) is 0 Å². The number of likely N-dealkylation sites (N-methyl/N-ethyl adjacent to an activating group) is 1. The molecule has 34 heavy (non-hydrogen) atoms. The molecule has 0 aromatic heterocycles. The molecule has 0 saturated heterocycles. The summed E-state index contributed by atoms with van der Waals surface area (Å²) in [4.78, 5) is 33.8. The number of carboxylic acids is 2. The second-order valence-electron chi connectivity index (χ2n) is 7.20. The number of carbonyl (C=O) groups excluding carboxylic acids is 1. The lowest BCUT2D eigenvalue weighted by molar-refractivity contribution is -0.160. The quantitative estimate of drug-likeness (QED) is 0.397. The first kappa shape index (κ1) is 26.4. The van der Waals surface area contributed by atoms with E-state index < -0.39 is 17.7 Å². The van der Waals surface area contributed by atoms with Crippen LogP contribution in [0.1, 0.15) is 25.8 Å². The second kappa shape index (κ2) is 13.0. The molecule has 2 N–H and O–H groups in total. The highest BCUT2D eigenvalue weighted by molar-refractivity contribution is 5.89. The van der Waals surface area contributed by atoms with Crippen LogP contribution in [0.5, 0.6) is 11.5 Å². The third-order valence-electron chi connectivity index (χ3n) is 4.92. The minimum atomic E-state index is -1.26. The van der Waals surface area contributed by atoms with Gasteiger partial charge >= 0.3 is 17.9 Å². The molecule has 0 spiro atoms. The third kappa shape index (κ3) is 7.93. The number of aliphatic carboxylic acids is 2. The van der Waals surface area contributed by atoms with Crippen LogP contribution in [-0.4, -0.2) is 59.3 Å². The maximum Gasteiger partial charge on any atom is 0.328 e. The molecular weight excluding hydrogens is 442 g/mol. The van der Waals surface area contributed by atoms with Crippen molar-refractivity contribution in [2.75, 3.05) is 26.2 Å². The molecular formula is C25H29NO8. The van der Waals surface area contributed by atoms with Crippen LogP contribution in [0.3, 0.4) is 0 Å². The number of esters is 1. The molecule has 182 valence electrons. The highest BCUT2D eigenvalue weighted by atomic mass is 16.7. The first-order chi connectivity index (χ1) is 16.3. The molecule has 2 aromatic carbocycles. The molecule has 3 rings (SSSR count). The molecule has 0 bridgehead atoms. The summed E-state index contributed by atoms with van der Waals surface area (Å²) in [6.07, 6.45) is 1.11. The smallest absolute Gasteiger partial charge is 0.328 e. The van der Waals surface area contributed by atoms with Gasteiger partial charge in [0.25, 0.3) is 5.79 Å². The maximum atomic E-state index is 12.5. The highest BCUT2D eigenvalue weighted by Gasteiger charge is 2.45. The van der Waals surface area contributed by atoms with E-state index in [0.29, 0.717) is 30.3 Å². The monoisotopic (exact) mass is 471 g/mol. The summed E-state index contributed by atoms with van der Waals surface area (Å²) < 4.78 is 17.6. The van der Waals surface area contributed by atoms with Crippen LogP contribution in [0.15, 0.2) is 66.7 Å². The van der Waals surface area contributed by atoms with E-state index in [4.69, 9.17) is 24.4 Å². The Kier molecular flexibility index (Phi) is 10.1. The molecule has 0 radical (unpaired) electrons. The Morgan fingerprint density at radius 1 is 0.882 bits per heavy atom. The van der Waals surface area contributed by atoms with Crippen molar-refractivity contribution < 1.29 is 38.8 Å². The van der Waals surface area contributed by atoms with E-state index in [9.17, 15) is 14.4 Å². The average molecular weight is 472 g/mol. The Balaban J connectivity index is 0.000000440. The van der Waals surface area contributed by atoms with Crippen LogP contribution in [-0.2, 0) is 24.9 Å². The van der Waals surface area contributed by atoms with Gasteiger partial charge in [-0.15, -0.1) is 0 Å². The van der Waals surface area contributed by atoms with Crippen molar-refractivity contribution in [1.29, 1.82) is 0 Å². The molecule has 0 unspecified atom stereocenters. The van der Waals surface area contributed by atoms with E-state index in [1.807, 2.05) is 54.6 Å². The normalized spacial score (nSPS) is 13.3. The van der Waals surface area contributed by atoms with Crippen molar-refractivity contribution in [3.8, 4) is 11.5 Å². The minimum absolute atomic E-state index is 0.00998. The number of fused-ring (bicyclic) bond motifs is 1. The number of carboxylic acid groups (broad SMARTS) is 2. The average Bonchev–Trinajstić information content (AvgIpc) is 3.20. The standard InChI is InChI=1S/C21H25NO4.C4H4O4/c1-3-22(4-2)14-15-24-20(23)16-21(17-10-6-5-7-11-17)25-18-12-8-9-13-19(18)26-21;5-3(6)1-2-4(7)8/h5-13H,3-4,14-16H2,1-2H3;1-2H,(H,5,6)(H,7,8)/b;2-1-. The SMILES string of the molecule is CCN(CC)CCOC(=O)CC1(c2ccccc2)Oc2ccccc2O1.O=C(O)/C=C\C(=O)O. The number of rotatable bonds is 10. The Labute approximate surface area is 198 Å². The van der Waals surface area contributed by atoms with Crippen molar-refractivity contribution in [3.05, 3.63) is 72.3 Å². The van der Waals surface area contributed by atoms with E-state index in [2.05, 4.69) is 18.7 Å². The summed E-state index contributed by atoms with van der Waals surface area (Å²) in [5.41, 5.74) is 0.789. The maximum absolute atomic E-state index is 12.5. The third-order valence-corrected chi connectivity index (χ3v) is 4.92. The fourth-order valence-corrected chi connectivity index (χ4v) is 3.19. The van der Waals surface area contributed by atoms with Gasteiger partial charge in [0, 0.05) is 24.3 Å². The van der Waals surface area contributed by atoms with Gasteiger partial charge in [0.15, 0.2) is 11.5 Å². The molecule has 0 atom stereocenters. The fourth-order valence-electron chi connectivity index (χ4n) is 3.19. The van der Waals surface area contributed by atoms with Gasteiger partial charge in [0.2, 0.25) is 0 Å². The van der Waals surface area contributed by atoms with Crippen molar-refractivity contribution in [3.63, 3.8) is 0 Å². The zero-order valence-electron chi connectivity index (χ0n) is 19.2. The van der Waals surface area contributed by atoms with Gasteiger partial charge < -0.3 is 29.3 Å². The van der Waals surface area contributed by atoms with Crippen molar-refractivity contribution in [2.45, 2.75) is 26.1 Å². The molecule has 0 fully saturated rings. The Morgan fingerprint density at radius 3 is 1.85 bits per heavy atom. The van der Waals surface area contributed by atoms with Gasteiger partial charge in [0.05, 0.1) is 0 Å². The molecule has 9 nitrogen and oxygen atoms in total. The number of hydrogen-bond donors (Lipinski definition) is 2. The number of benzene rings is 2. The van der Waals surface area contributed by atoms with Crippen molar-refractivity contribution >= 4 is 17.9 Å². The van der Waals surface area contributed by atoms with Crippen LogP contribution in [0.2, 0.25) is 0 Å². The zero-order chi connectivity index (χ0) is 25.0. The molecule has 1 aliphatic rings. The van der Waals surface area contributed by atoms with Gasteiger partial charge in [-0.2, -0.15) is 0 Å². The molecule has 1 heterocycles. The lowest BCUT2D eigenvalue weighted by Crippen LogP contribution is -2.39. The Morgan fingerprint density at radius 2 is 1.38 bits per heavy atom. The summed E-state index contributed by atoms with van der Waals surface area (Å²) >= 11 is 0. The van der Waals surface area contributed by atoms with Crippen LogP contribution >= 0.6 is 0 Å². The molecule has 0 saturated carbocycles. The Hall–Kier alpha value is -3.85. The number of hydrogen-bond acceptors (Lipinski definition) is 7. The molecule has 0 amide bonds. The van der Waals surface area contributed by atoms with E-state index in [0.717, 1.165) is 25.2 Å². The number of nitrogens with zero attached hydrogens (tertiary/aromatic N) is 1. The number of para-hydroxylation sites is 2. The predicted molar refractivity (Wildman–Crippen MR) is 124 cm³/mol. The van der Waals surface area contributed by atoms with Crippen molar-refractivity contribution in [2.24, 2.45) is 0 Å². The summed E-state index contributed by atoms with van der Waals surface area (Å²) in [5, 5.41) is 15.6. The second-order valence-corrected chi connectivity index (χ2v) is 7.20. The van der Waals surface area contributed by atoms with Gasteiger partial charge in [-0.05, 0) is 25.2 Å². The topological polar surface area (TPSA) is 123 Å². The highest BCUT2D eigenvalue weighted by Crippen LogP contribution is 2.45. The summed E-state index contributed by atoms with van der Waals surface area (Å²) in [7, 11) is 0. The molecule has 9 heteroatoms. The summed E-state index contributed by atoms with van der Waals surface area (Å²) in [5.74, 6) is -2.77. The van der Waals surface area contributed by atoms with Crippen LogP contribution in [0.25, 0.3) is 0 Å². The van der Waals surface area contributed by atoms with Gasteiger partial charge in [-0.1, -0.05) is 56.3 Å². The van der Waals surface area contributed by atoms with E-state index in [-0.39, 0.29) is 12.4 Å². The number of carbonyl (C=O) groups is 3. The predicted octanol–water partition coefficient (Wildman–Crippen LogP) is 3.30. The first-order valence-corrected chi connectivity index (χ1v) is 10.8. The summed E-state index contributed by atoms with van der Waals surface area (Å²) in [6.45, 7) is 7.13. The van der Waals surface area contributed by atoms with Crippen molar-refractivity contribution in [1.82, 2.24) is 4.90 Å². The van der Waals surface area contributed by atoms with Crippen LogP contribution in [0.4, 0.5) is 0 Å². The van der Waals surface area contributed by atoms with E-state index >= 15 is 0 Å². The van der Waals surface area contributed by atoms with E-state index in [1.165, 1.54) is 0 Å². The van der Waals surface area contributed by atoms with Crippen LogP contribution < -0.4 is 9.47 Å². The largest absolute Gasteiger partial charge is 0.478 e. The van der Waals surface area contributed by atoms with Crippen LogP contribution in [0, 0.1) is 0 Å². The lowest BCUT2D eigenvalue weighted by atomic mass is 10.0. The molecule has 1 aliphatic heterocycles. The number of ether oxygens (including phenoxy) is 3. The minimum Gasteiger partial charge on any atom is -0.478 e. The fraction of sp³-hybridized carbons (Fsp3) is 0.320. The summed E-state index contributed by atoms with van der Waals surface area (Å²) in [6, 6.07) is 17.0. The molecule has 0 aliphatic carbocycles. The molecule has 2 aromatic rings. The van der Waals surface area contributed by atoms with Gasteiger partial charge in [-0.3, -0.25) is 4.79 Å². The first-order valence-electron chi connectivity index (χ1n) is 10.8. The zero-order valence-corrected chi connectivity index (χ0v) is 19.2. The van der Waals surface area contributed by atoms with Gasteiger partial charge in [-0.25, -0.2) is 9.59 Å². The Bertz CT molecular complexity index is 944. The lowest BCUT2D eigenvalue weighted by Gasteiger charge is -2.27.